The van der Waals surface area contributed by atoms with Crippen molar-refractivity contribution in [1.82, 2.24) is 0 Å². The van der Waals surface area contributed by atoms with Gasteiger partial charge >= 0.3 is 38.9 Å². The molecule has 25 heavy (non-hydrogen) atoms. The summed E-state index contributed by atoms with van der Waals surface area (Å²) in [7, 11) is -18.3. The van der Waals surface area contributed by atoms with Crippen molar-refractivity contribution in [2.75, 3.05) is 0 Å². The number of alkyl halides is 9. The Labute approximate surface area is 147 Å². The number of hydrogen-bond acceptors (Lipinski definition) is 9. The maximum absolute atomic E-state index is 10.7. The zero-order valence-electron chi connectivity index (χ0n) is 10.1. The van der Waals surface area contributed by atoms with Gasteiger partial charge in [0, 0.05) is 0 Å². The minimum Gasteiger partial charge on any atom is -0.741 e. The largest absolute Gasteiger partial charge is 3.00 e. The molecule has 0 atom stereocenters. The van der Waals surface area contributed by atoms with Crippen LogP contribution in [0.4, 0.5) is 39.5 Å². The van der Waals surface area contributed by atoms with E-state index in [9.17, 15) is 39.5 Å². The van der Waals surface area contributed by atoms with E-state index in [4.69, 9.17) is 38.9 Å². The molecule has 0 saturated carbocycles. The fraction of sp³-hybridized carbons (Fsp3) is 1.00. The van der Waals surface area contributed by atoms with E-state index in [1.54, 1.807) is 0 Å². The Morgan fingerprint density at radius 3 is 0.480 bits per heavy atom. The molecular formula is C3AuF9O9S3. The van der Waals surface area contributed by atoms with E-state index < -0.39 is 46.9 Å². The Morgan fingerprint density at radius 1 is 0.440 bits per heavy atom. The van der Waals surface area contributed by atoms with Crippen molar-refractivity contribution in [1.29, 1.82) is 0 Å². The Balaban J connectivity index is -0.000000130. The molecule has 0 fully saturated rings. The number of hydrogen-bond donors (Lipinski definition) is 0. The molecule has 0 aliphatic heterocycles. The van der Waals surface area contributed by atoms with Crippen LogP contribution in [0.5, 0.6) is 0 Å². The molecule has 0 spiro atoms. The molecular weight excluding hydrogens is 644 g/mol. The van der Waals surface area contributed by atoms with Gasteiger partial charge in [0.2, 0.25) is 0 Å². The normalized spacial score (nSPS) is 13.4. The second kappa shape index (κ2) is 9.68. The van der Waals surface area contributed by atoms with Crippen LogP contribution < -0.4 is 0 Å². The van der Waals surface area contributed by atoms with Gasteiger partial charge in [0.05, 0.1) is 0 Å². The zero-order valence-corrected chi connectivity index (χ0v) is 14.7. The predicted molar refractivity (Wildman–Crippen MR) is 47.3 cm³/mol. The van der Waals surface area contributed by atoms with Gasteiger partial charge in [-0.15, -0.1) is 0 Å². The van der Waals surface area contributed by atoms with E-state index in [1.165, 1.54) is 0 Å². The smallest absolute Gasteiger partial charge is 0.741 e. The van der Waals surface area contributed by atoms with Crippen LogP contribution in [0.1, 0.15) is 0 Å². The summed E-state index contributed by atoms with van der Waals surface area (Å²) in [5.41, 5.74) is -16.9. The van der Waals surface area contributed by atoms with Crippen molar-refractivity contribution in [3.8, 4) is 0 Å². The van der Waals surface area contributed by atoms with Crippen molar-refractivity contribution >= 4 is 30.4 Å². The molecule has 0 saturated heterocycles. The average Bonchev–Trinajstić information content (AvgIpc) is 2.08. The van der Waals surface area contributed by atoms with Crippen molar-refractivity contribution in [2.45, 2.75) is 16.5 Å². The topological polar surface area (TPSA) is 172 Å². The summed E-state index contributed by atoms with van der Waals surface area (Å²) in [4.78, 5) is 0. The van der Waals surface area contributed by atoms with E-state index in [2.05, 4.69) is 0 Å². The molecule has 0 aromatic rings. The summed E-state index contributed by atoms with van der Waals surface area (Å²) in [5, 5.41) is 0. The molecule has 158 valence electrons. The van der Waals surface area contributed by atoms with Crippen LogP contribution in [-0.2, 0) is 52.7 Å². The van der Waals surface area contributed by atoms with Crippen LogP contribution in [0.15, 0.2) is 0 Å². The van der Waals surface area contributed by atoms with E-state index in [0.29, 0.717) is 0 Å². The van der Waals surface area contributed by atoms with E-state index >= 15 is 0 Å². The van der Waals surface area contributed by atoms with Gasteiger partial charge in [0.25, 0.3) is 0 Å². The Morgan fingerprint density at radius 2 is 0.480 bits per heavy atom. The fourth-order valence-electron chi connectivity index (χ4n) is 0. The van der Waals surface area contributed by atoms with Gasteiger partial charge in [-0.25, -0.2) is 25.3 Å². The third kappa shape index (κ3) is 15.8. The molecule has 0 rings (SSSR count). The molecule has 0 N–H and O–H groups in total. The van der Waals surface area contributed by atoms with Gasteiger partial charge in [-0.3, -0.25) is 0 Å². The van der Waals surface area contributed by atoms with Gasteiger partial charge in [0.15, 0.2) is 30.4 Å². The van der Waals surface area contributed by atoms with Gasteiger partial charge in [-0.05, 0) is 0 Å². The summed E-state index contributed by atoms with van der Waals surface area (Å²) < 4.78 is 177. The molecule has 0 heterocycles. The van der Waals surface area contributed by atoms with Gasteiger partial charge in [0.1, 0.15) is 0 Å². The number of rotatable bonds is 0. The molecule has 0 aromatic carbocycles. The molecule has 0 bridgehead atoms. The van der Waals surface area contributed by atoms with Crippen LogP contribution in [0.2, 0.25) is 0 Å². The first-order valence-corrected chi connectivity index (χ1v) is 8.04. The van der Waals surface area contributed by atoms with Crippen LogP contribution in [0.25, 0.3) is 0 Å². The first-order valence-electron chi connectivity index (χ1n) is 3.81. The molecule has 0 aliphatic carbocycles. The van der Waals surface area contributed by atoms with Crippen molar-refractivity contribution in [3.05, 3.63) is 0 Å². The standard InChI is InChI=1S/3CHF3O3S.Au/c3*2-1(3,4)8(5,6)7;/h3*(H,5,6,7);/q;;;+3/p-3. The minimum absolute atomic E-state index is 0. The first-order chi connectivity index (χ1) is 9.75. The Bertz CT molecular complexity index is 596. The Kier molecular flexibility index (Phi) is 12.6. The van der Waals surface area contributed by atoms with Gasteiger partial charge in [-0.1, -0.05) is 0 Å². The third-order valence-corrected chi connectivity index (χ3v) is 2.55. The average molecular weight is 644 g/mol. The first kappa shape index (κ1) is 32.5. The molecule has 0 aliphatic rings. The quantitative estimate of drug-likeness (QED) is 0.154. The summed E-state index contributed by atoms with van der Waals surface area (Å²) >= 11 is 0. The summed E-state index contributed by atoms with van der Waals surface area (Å²) in [6.07, 6.45) is 0. The van der Waals surface area contributed by atoms with Crippen LogP contribution in [-0.4, -0.2) is 55.4 Å². The van der Waals surface area contributed by atoms with Crippen molar-refractivity contribution in [3.63, 3.8) is 0 Å². The van der Waals surface area contributed by atoms with E-state index in [-0.39, 0.29) is 22.4 Å². The van der Waals surface area contributed by atoms with Crippen LogP contribution in [0.3, 0.4) is 0 Å². The van der Waals surface area contributed by atoms with Crippen molar-refractivity contribution < 1.29 is 101 Å². The monoisotopic (exact) mass is 644 g/mol. The SMILES string of the molecule is O=S(=O)([O-])C(F)(F)F.O=S(=O)([O-])C(F)(F)F.O=S(=O)([O-])C(F)(F)F.[Au+3]. The second-order valence-electron chi connectivity index (χ2n) is 2.70. The molecule has 0 unspecified atom stereocenters. The third-order valence-electron chi connectivity index (χ3n) is 0.850. The predicted octanol–water partition coefficient (Wildman–Crippen LogP) is 0.152. The minimum atomic E-state index is -6.09. The van der Waals surface area contributed by atoms with E-state index in [1.807, 2.05) is 0 Å². The Hall–Kier alpha value is -0.160. The molecule has 0 aromatic heterocycles. The van der Waals surface area contributed by atoms with Crippen LogP contribution in [0, 0.1) is 0 Å². The molecule has 9 nitrogen and oxygen atoms in total. The van der Waals surface area contributed by atoms with E-state index in [0.717, 1.165) is 0 Å². The maximum atomic E-state index is 10.7. The van der Waals surface area contributed by atoms with Crippen LogP contribution >= 0.6 is 0 Å². The number of halogens is 9. The van der Waals surface area contributed by atoms with Crippen molar-refractivity contribution in [2.24, 2.45) is 0 Å². The zero-order chi connectivity index (χ0) is 21.0. The molecule has 22 heteroatoms. The fourth-order valence-corrected chi connectivity index (χ4v) is 0. The molecule has 0 radical (unpaired) electrons. The second-order valence-corrected chi connectivity index (χ2v) is 6.81. The maximum Gasteiger partial charge on any atom is 3.00 e. The van der Waals surface area contributed by atoms with Gasteiger partial charge < -0.3 is 13.7 Å². The summed E-state index contributed by atoms with van der Waals surface area (Å²) in [6.45, 7) is 0. The molecule has 0 amide bonds. The summed E-state index contributed by atoms with van der Waals surface area (Å²) in [6, 6.07) is 0. The summed E-state index contributed by atoms with van der Waals surface area (Å²) in [5.74, 6) is 0. The van der Waals surface area contributed by atoms with Gasteiger partial charge in [-0.2, -0.15) is 39.5 Å².